The number of aliphatic hydroxyl groups excluding tert-OH is 2. The third-order valence-electron chi connectivity index (χ3n) is 11.3. The van der Waals surface area contributed by atoms with Crippen LogP contribution >= 0.6 is 0 Å². The van der Waals surface area contributed by atoms with Crippen molar-refractivity contribution in [1.82, 2.24) is 4.90 Å². The first-order chi connectivity index (χ1) is 16.4. The lowest BCUT2D eigenvalue weighted by atomic mass is 9.32. The summed E-state index contributed by atoms with van der Waals surface area (Å²) in [5.74, 6) is 3.64. The highest BCUT2D eigenvalue weighted by molar-refractivity contribution is 5.52. The van der Waals surface area contributed by atoms with E-state index in [2.05, 4.69) is 31.6 Å². The molecule has 0 unspecified atom stereocenters. The van der Waals surface area contributed by atoms with Crippen LogP contribution in [0.3, 0.4) is 0 Å². The Labute approximate surface area is 211 Å². The lowest BCUT2D eigenvalue weighted by molar-refractivity contribution is -0.337. The van der Waals surface area contributed by atoms with E-state index in [1.807, 2.05) is 13.0 Å². The van der Waals surface area contributed by atoms with Gasteiger partial charge in [0.2, 0.25) is 0 Å². The largest absolute Gasteiger partial charge is 0.392 e. The summed E-state index contributed by atoms with van der Waals surface area (Å²) in [6, 6.07) is 0.260. The topological polar surface area (TPSA) is 73.2 Å². The minimum atomic E-state index is -1.02. The van der Waals surface area contributed by atoms with Gasteiger partial charge < -0.3 is 20.1 Å². The first-order valence-electron chi connectivity index (χ1n) is 13.6. The third kappa shape index (κ3) is 3.20. The van der Waals surface area contributed by atoms with Crippen molar-refractivity contribution in [2.45, 2.75) is 96.0 Å². The summed E-state index contributed by atoms with van der Waals surface area (Å²) >= 11 is 0. The van der Waals surface area contributed by atoms with Crippen LogP contribution in [-0.4, -0.2) is 70.4 Å². The molecular formula is C30H45NO4. The summed E-state index contributed by atoms with van der Waals surface area (Å²) in [5.41, 5.74) is -1.04. The molecule has 7 atom stereocenters. The lowest BCUT2D eigenvalue weighted by Gasteiger charge is -2.77. The van der Waals surface area contributed by atoms with Crippen LogP contribution in [0, 0.1) is 40.4 Å². The lowest BCUT2D eigenvalue weighted by Crippen LogP contribution is -2.82. The first-order valence-corrected chi connectivity index (χ1v) is 13.6. The SMILES string of the molecule is C#CC1=C(/C=C\CO)C[C@H]2N(CC3CC3)CC[C@@]13[C@H](O)[C@]1(OC)CC[C@@]23C[C@@H]1[C@](C)(O)C(C)(C)C. The second-order valence-corrected chi connectivity index (χ2v) is 13.4. The molecule has 0 aromatic carbocycles. The van der Waals surface area contributed by atoms with Gasteiger partial charge in [-0.1, -0.05) is 38.8 Å². The molecule has 4 saturated carbocycles. The predicted octanol–water partition coefficient (Wildman–Crippen LogP) is 3.68. The molecule has 5 aliphatic carbocycles. The molecular weight excluding hydrogens is 438 g/mol. The maximum Gasteiger partial charge on any atom is 0.100 e. The molecule has 1 heterocycles. The average molecular weight is 484 g/mol. The Kier molecular flexibility index (Phi) is 5.95. The molecule has 5 heteroatoms. The van der Waals surface area contributed by atoms with Crippen LogP contribution in [0.5, 0.6) is 0 Å². The van der Waals surface area contributed by atoms with Gasteiger partial charge in [-0.3, -0.25) is 4.90 Å². The van der Waals surface area contributed by atoms with Crippen LogP contribution < -0.4 is 0 Å². The van der Waals surface area contributed by atoms with E-state index < -0.39 is 22.7 Å². The van der Waals surface area contributed by atoms with E-state index >= 15 is 0 Å². The van der Waals surface area contributed by atoms with Crippen molar-refractivity contribution in [3.05, 3.63) is 23.3 Å². The maximum atomic E-state index is 12.5. The molecule has 1 spiro atoms. The Balaban J connectivity index is 1.73. The van der Waals surface area contributed by atoms with Crippen LogP contribution in [-0.2, 0) is 4.74 Å². The van der Waals surface area contributed by atoms with E-state index in [4.69, 9.17) is 11.2 Å². The van der Waals surface area contributed by atoms with E-state index in [0.29, 0.717) is 0 Å². The Hall–Kier alpha value is -1.16. The molecule has 5 fully saturated rings. The number of allylic oxidation sites excluding steroid dienone is 1. The molecule has 1 saturated heterocycles. The summed E-state index contributed by atoms with van der Waals surface area (Å²) in [4.78, 5) is 2.69. The van der Waals surface area contributed by atoms with Gasteiger partial charge in [0.05, 0.1) is 18.3 Å². The summed E-state index contributed by atoms with van der Waals surface area (Å²) < 4.78 is 6.34. The fraction of sp³-hybridized carbons (Fsp3) is 0.800. The van der Waals surface area contributed by atoms with Crippen LogP contribution in [0.4, 0.5) is 0 Å². The van der Waals surface area contributed by atoms with Crippen molar-refractivity contribution in [3.8, 4) is 12.3 Å². The number of terminal acetylenes is 1. The van der Waals surface area contributed by atoms with E-state index in [-0.39, 0.29) is 29.4 Å². The van der Waals surface area contributed by atoms with Crippen LogP contribution in [0.15, 0.2) is 23.3 Å². The number of hydrogen-bond acceptors (Lipinski definition) is 5. The fourth-order valence-electron chi connectivity index (χ4n) is 8.87. The van der Waals surface area contributed by atoms with E-state index in [0.717, 1.165) is 62.3 Å². The van der Waals surface area contributed by atoms with Gasteiger partial charge in [-0.25, -0.2) is 0 Å². The molecule has 194 valence electrons. The number of piperidine rings is 1. The zero-order valence-corrected chi connectivity index (χ0v) is 22.3. The second-order valence-electron chi connectivity index (χ2n) is 13.4. The molecule has 35 heavy (non-hydrogen) atoms. The van der Waals surface area contributed by atoms with Crippen molar-refractivity contribution in [2.75, 3.05) is 26.8 Å². The monoisotopic (exact) mass is 483 g/mol. The number of rotatable bonds is 6. The molecule has 3 N–H and O–H groups in total. The van der Waals surface area contributed by atoms with Gasteiger partial charge in [0.25, 0.3) is 0 Å². The maximum absolute atomic E-state index is 12.5. The minimum Gasteiger partial charge on any atom is -0.392 e. The smallest absolute Gasteiger partial charge is 0.100 e. The summed E-state index contributed by atoms with van der Waals surface area (Å²) in [6.45, 7) is 10.2. The zero-order valence-electron chi connectivity index (χ0n) is 22.3. The highest BCUT2D eigenvalue weighted by atomic mass is 16.5. The molecule has 5 nitrogen and oxygen atoms in total. The fourth-order valence-corrected chi connectivity index (χ4v) is 8.87. The van der Waals surface area contributed by atoms with Crippen molar-refractivity contribution >= 4 is 0 Å². The summed E-state index contributed by atoms with van der Waals surface area (Å²) in [7, 11) is 1.71. The molecule has 6 aliphatic rings. The highest BCUT2D eigenvalue weighted by Crippen LogP contribution is 2.76. The van der Waals surface area contributed by atoms with Crippen molar-refractivity contribution in [3.63, 3.8) is 0 Å². The van der Waals surface area contributed by atoms with Gasteiger partial charge in [0, 0.05) is 36.6 Å². The second kappa shape index (κ2) is 8.17. The summed E-state index contributed by atoms with van der Waals surface area (Å²) in [5, 5.41) is 34.1. The Morgan fingerprint density at radius 3 is 2.49 bits per heavy atom. The Morgan fingerprint density at radius 2 is 1.91 bits per heavy atom. The van der Waals surface area contributed by atoms with Crippen molar-refractivity contribution in [2.24, 2.45) is 28.1 Å². The van der Waals surface area contributed by atoms with Crippen LogP contribution in [0.1, 0.15) is 72.6 Å². The number of fused-ring (bicyclic) bond motifs is 2. The Morgan fingerprint density at radius 1 is 1.20 bits per heavy atom. The minimum absolute atomic E-state index is 0.0307. The molecule has 4 bridgehead atoms. The normalized spacial score (nSPS) is 43.2. The van der Waals surface area contributed by atoms with Gasteiger partial charge in [0.15, 0.2) is 0 Å². The molecule has 1 aliphatic heterocycles. The number of methoxy groups -OCH3 is 1. The van der Waals surface area contributed by atoms with Gasteiger partial charge in [-0.2, -0.15) is 0 Å². The third-order valence-corrected chi connectivity index (χ3v) is 11.3. The van der Waals surface area contributed by atoms with Crippen molar-refractivity contribution < 1.29 is 20.1 Å². The first kappa shape index (κ1) is 25.5. The quantitative estimate of drug-likeness (QED) is 0.503. The van der Waals surface area contributed by atoms with Crippen LogP contribution in [0.2, 0.25) is 0 Å². The molecule has 0 aromatic rings. The van der Waals surface area contributed by atoms with E-state index in [1.54, 1.807) is 13.2 Å². The number of aliphatic hydroxyl groups is 3. The van der Waals surface area contributed by atoms with Gasteiger partial charge >= 0.3 is 0 Å². The molecule has 0 radical (unpaired) electrons. The number of likely N-dealkylation sites (tertiary alicyclic amines) is 1. The highest BCUT2D eigenvalue weighted by Gasteiger charge is 2.79. The van der Waals surface area contributed by atoms with E-state index in [1.165, 1.54) is 12.8 Å². The number of hydrogen-bond donors (Lipinski definition) is 3. The summed E-state index contributed by atoms with van der Waals surface area (Å²) in [6.07, 6.45) is 16.0. The number of ether oxygens (including phenoxy) is 1. The molecule has 0 aromatic heterocycles. The van der Waals surface area contributed by atoms with Gasteiger partial charge in [0.1, 0.15) is 5.60 Å². The van der Waals surface area contributed by atoms with Gasteiger partial charge in [-0.05, 0) is 80.7 Å². The van der Waals surface area contributed by atoms with Crippen molar-refractivity contribution in [1.29, 1.82) is 0 Å². The predicted molar refractivity (Wildman–Crippen MR) is 137 cm³/mol. The average Bonchev–Trinajstić information content (AvgIpc) is 3.63. The molecule has 6 rings (SSSR count). The Bertz CT molecular complexity index is 966. The number of nitrogens with zero attached hydrogens (tertiary/aromatic N) is 1. The zero-order chi connectivity index (χ0) is 25.4. The van der Waals surface area contributed by atoms with E-state index in [9.17, 15) is 15.3 Å². The standard InChI is InChI=1S/C30H45NO4/c1-7-22-21(9-8-16-32)17-24-28-12-13-30(35-6,23(18-28)27(5,34)26(2,3)4)25(33)29(22,28)14-15-31(24)19-20-10-11-20/h1,8-9,20,23-25,32-34H,10-19H2,2-6H3/b9-8-/t23-,24-,25+,27+,28-,29+,30+/m1/s1. The van der Waals surface area contributed by atoms with Gasteiger partial charge in [-0.15, -0.1) is 6.42 Å². The van der Waals surface area contributed by atoms with Crippen LogP contribution in [0.25, 0.3) is 0 Å². The molecule has 0 amide bonds.